The van der Waals surface area contributed by atoms with E-state index in [9.17, 15) is 4.79 Å². The molecule has 0 aliphatic heterocycles. The van der Waals surface area contributed by atoms with E-state index in [4.69, 9.17) is 16.3 Å². The van der Waals surface area contributed by atoms with Crippen LogP contribution in [0.5, 0.6) is 5.75 Å². The number of nitrogens with zero attached hydrogens (tertiary/aromatic N) is 1. The second-order valence-corrected chi connectivity index (χ2v) is 5.10. The number of nitrogens with one attached hydrogen (secondary N) is 1. The van der Waals surface area contributed by atoms with Gasteiger partial charge in [-0.25, -0.2) is 0 Å². The number of ether oxygens (including phenoxy) is 1. The van der Waals surface area contributed by atoms with Crippen molar-refractivity contribution in [3.8, 4) is 5.75 Å². The van der Waals surface area contributed by atoms with Crippen LogP contribution in [0.3, 0.4) is 0 Å². The number of methoxy groups -OCH3 is 1. The molecule has 0 bridgehead atoms. The van der Waals surface area contributed by atoms with Crippen LogP contribution >= 0.6 is 24.0 Å². The lowest BCUT2D eigenvalue weighted by molar-refractivity contribution is 0.0953. The SMILES string of the molecule is COc1c(C)cc(Cl)cc1CCNC(=O)c1cccnc1.Cl. The van der Waals surface area contributed by atoms with Crippen molar-refractivity contribution in [3.05, 3.63) is 58.4 Å². The minimum atomic E-state index is -0.138. The molecular weight excluding hydrogens is 323 g/mol. The zero-order valence-corrected chi connectivity index (χ0v) is 14.0. The minimum absolute atomic E-state index is 0. The predicted octanol–water partition coefficient (Wildman–Crippen LogP) is 3.45. The van der Waals surface area contributed by atoms with Gasteiger partial charge in [-0.1, -0.05) is 11.6 Å². The summed E-state index contributed by atoms with van der Waals surface area (Å²) in [7, 11) is 1.63. The molecule has 1 N–H and O–H groups in total. The van der Waals surface area contributed by atoms with Crippen molar-refractivity contribution < 1.29 is 9.53 Å². The maximum Gasteiger partial charge on any atom is 0.252 e. The van der Waals surface area contributed by atoms with Crippen LogP contribution in [0, 0.1) is 6.92 Å². The first-order valence-electron chi connectivity index (χ1n) is 6.63. The third-order valence-electron chi connectivity index (χ3n) is 3.12. The van der Waals surface area contributed by atoms with E-state index in [0.29, 0.717) is 23.6 Å². The smallest absolute Gasteiger partial charge is 0.252 e. The van der Waals surface area contributed by atoms with Gasteiger partial charge in [0, 0.05) is 24.0 Å². The first-order chi connectivity index (χ1) is 10.1. The number of halogens is 2. The summed E-state index contributed by atoms with van der Waals surface area (Å²) < 4.78 is 5.39. The monoisotopic (exact) mass is 340 g/mol. The van der Waals surface area contributed by atoms with Crippen LogP contribution < -0.4 is 10.1 Å². The van der Waals surface area contributed by atoms with E-state index >= 15 is 0 Å². The number of hydrogen-bond donors (Lipinski definition) is 1. The second-order valence-electron chi connectivity index (χ2n) is 4.66. The van der Waals surface area contributed by atoms with E-state index in [1.165, 1.54) is 0 Å². The van der Waals surface area contributed by atoms with E-state index in [0.717, 1.165) is 16.9 Å². The zero-order chi connectivity index (χ0) is 15.2. The van der Waals surface area contributed by atoms with Crippen molar-refractivity contribution in [2.24, 2.45) is 0 Å². The van der Waals surface area contributed by atoms with Gasteiger partial charge in [-0.05, 0) is 48.7 Å². The quantitative estimate of drug-likeness (QED) is 0.906. The van der Waals surface area contributed by atoms with Gasteiger partial charge in [0.1, 0.15) is 5.75 Å². The van der Waals surface area contributed by atoms with Crippen molar-refractivity contribution in [2.45, 2.75) is 13.3 Å². The van der Waals surface area contributed by atoms with Crippen LogP contribution in [0.1, 0.15) is 21.5 Å². The van der Waals surface area contributed by atoms with Gasteiger partial charge in [-0.15, -0.1) is 12.4 Å². The Hall–Kier alpha value is -1.78. The molecule has 22 heavy (non-hydrogen) atoms. The summed E-state index contributed by atoms with van der Waals surface area (Å²) in [6, 6.07) is 7.19. The average molecular weight is 341 g/mol. The lowest BCUT2D eigenvalue weighted by Gasteiger charge is -2.12. The number of rotatable bonds is 5. The number of benzene rings is 1. The van der Waals surface area contributed by atoms with Gasteiger partial charge in [0.15, 0.2) is 0 Å². The Bertz CT molecular complexity index is 634. The largest absolute Gasteiger partial charge is 0.496 e. The predicted molar refractivity (Wildman–Crippen MR) is 90.3 cm³/mol. The van der Waals surface area contributed by atoms with Crippen molar-refractivity contribution in [3.63, 3.8) is 0 Å². The summed E-state index contributed by atoms with van der Waals surface area (Å²) in [5.74, 6) is 0.677. The highest BCUT2D eigenvalue weighted by Crippen LogP contribution is 2.27. The Labute approximate surface area is 141 Å². The Morgan fingerprint density at radius 1 is 1.41 bits per heavy atom. The Balaban J connectivity index is 0.00000242. The fourth-order valence-electron chi connectivity index (χ4n) is 2.19. The molecule has 0 spiro atoms. The van der Waals surface area contributed by atoms with E-state index < -0.39 is 0 Å². The second kappa shape index (κ2) is 8.61. The molecule has 0 saturated heterocycles. The molecule has 6 heteroatoms. The third-order valence-corrected chi connectivity index (χ3v) is 3.34. The summed E-state index contributed by atoms with van der Waals surface area (Å²) in [4.78, 5) is 15.8. The highest BCUT2D eigenvalue weighted by atomic mass is 35.5. The molecule has 0 aliphatic carbocycles. The first kappa shape index (κ1) is 18.3. The molecule has 0 saturated carbocycles. The summed E-state index contributed by atoms with van der Waals surface area (Å²) in [5, 5.41) is 3.53. The average Bonchev–Trinajstić information content (AvgIpc) is 2.47. The molecule has 1 aromatic heterocycles. The number of aromatic nitrogens is 1. The van der Waals surface area contributed by atoms with Gasteiger partial charge < -0.3 is 10.1 Å². The van der Waals surface area contributed by atoms with Crippen LogP contribution in [0.4, 0.5) is 0 Å². The standard InChI is InChI=1S/C16H17ClN2O2.ClH/c1-11-8-14(17)9-12(15(11)21-2)5-7-19-16(20)13-4-3-6-18-10-13;/h3-4,6,8-10H,5,7H2,1-2H3,(H,19,20);1H. The highest BCUT2D eigenvalue weighted by molar-refractivity contribution is 6.30. The number of carbonyl (C=O) groups is 1. The van der Waals surface area contributed by atoms with Crippen LogP contribution in [-0.4, -0.2) is 24.5 Å². The topological polar surface area (TPSA) is 51.2 Å². The normalized spacial score (nSPS) is 9.77. The Kier molecular flexibility index (Phi) is 7.15. The van der Waals surface area contributed by atoms with Crippen molar-refractivity contribution >= 4 is 29.9 Å². The highest BCUT2D eigenvalue weighted by Gasteiger charge is 2.09. The molecule has 1 amide bonds. The summed E-state index contributed by atoms with van der Waals surface area (Å²) >= 11 is 6.07. The number of carbonyl (C=O) groups excluding carboxylic acids is 1. The first-order valence-corrected chi connectivity index (χ1v) is 7.01. The van der Waals surface area contributed by atoms with E-state index in [1.807, 2.05) is 19.1 Å². The number of aryl methyl sites for hydroxylation is 1. The van der Waals surface area contributed by atoms with Crippen LogP contribution in [-0.2, 0) is 6.42 Å². The van der Waals surface area contributed by atoms with Crippen molar-refractivity contribution in [1.29, 1.82) is 0 Å². The van der Waals surface area contributed by atoms with Gasteiger partial charge in [-0.3, -0.25) is 9.78 Å². The number of pyridine rings is 1. The molecule has 1 heterocycles. The lowest BCUT2D eigenvalue weighted by atomic mass is 10.1. The fourth-order valence-corrected chi connectivity index (χ4v) is 2.48. The van der Waals surface area contributed by atoms with Crippen molar-refractivity contribution in [2.75, 3.05) is 13.7 Å². The Morgan fingerprint density at radius 3 is 2.82 bits per heavy atom. The maximum atomic E-state index is 11.9. The molecule has 4 nitrogen and oxygen atoms in total. The zero-order valence-electron chi connectivity index (χ0n) is 12.4. The molecule has 0 fully saturated rings. The van der Waals surface area contributed by atoms with Gasteiger partial charge >= 0.3 is 0 Å². The van der Waals surface area contributed by atoms with E-state index in [-0.39, 0.29) is 18.3 Å². The molecule has 0 aliphatic rings. The van der Waals surface area contributed by atoms with Crippen LogP contribution in [0.25, 0.3) is 0 Å². The number of amides is 1. The fraction of sp³-hybridized carbons (Fsp3) is 0.250. The molecule has 2 rings (SSSR count). The molecule has 118 valence electrons. The summed E-state index contributed by atoms with van der Waals surface area (Å²) in [5.41, 5.74) is 2.51. The van der Waals surface area contributed by atoms with Crippen molar-refractivity contribution in [1.82, 2.24) is 10.3 Å². The molecule has 0 atom stereocenters. The Morgan fingerprint density at radius 2 is 2.18 bits per heavy atom. The summed E-state index contributed by atoms with van der Waals surface area (Å²) in [6.07, 6.45) is 3.83. The molecule has 1 aromatic carbocycles. The molecule has 0 unspecified atom stereocenters. The molecule has 0 radical (unpaired) electrons. The minimum Gasteiger partial charge on any atom is -0.496 e. The third kappa shape index (κ3) is 4.61. The van der Waals surface area contributed by atoms with Gasteiger partial charge in [0.2, 0.25) is 0 Å². The van der Waals surface area contributed by atoms with Crippen LogP contribution in [0.15, 0.2) is 36.7 Å². The van der Waals surface area contributed by atoms with Crippen LogP contribution in [0.2, 0.25) is 5.02 Å². The van der Waals surface area contributed by atoms with Gasteiger partial charge in [0.25, 0.3) is 5.91 Å². The van der Waals surface area contributed by atoms with E-state index in [1.54, 1.807) is 31.6 Å². The molecule has 2 aromatic rings. The summed E-state index contributed by atoms with van der Waals surface area (Å²) in [6.45, 7) is 2.45. The lowest BCUT2D eigenvalue weighted by Crippen LogP contribution is -2.25. The van der Waals surface area contributed by atoms with Gasteiger partial charge in [-0.2, -0.15) is 0 Å². The van der Waals surface area contributed by atoms with E-state index in [2.05, 4.69) is 10.3 Å². The van der Waals surface area contributed by atoms with Gasteiger partial charge in [0.05, 0.1) is 12.7 Å². The number of hydrogen-bond acceptors (Lipinski definition) is 3. The molecular formula is C16H18Cl2N2O2. The maximum absolute atomic E-state index is 11.9.